The number of carbonyl (C=O) groups is 1. The molecule has 1 N–H and O–H groups in total. The van der Waals surface area contributed by atoms with Gasteiger partial charge in [0.15, 0.2) is 5.78 Å². The molecule has 0 saturated heterocycles. The predicted octanol–water partition coefficient (Wildman–Crippen LogP) is 0.601. The number of ketones is 1. The summed E-state index contributed by atoms with van der Waals surface area (Å²) in [5.74, 6) is -0.537. The zero-order valence-corrected chi connectivity index (χ0v) is 13.1. The molecule has 0 radical (unpaired) electrons. The Kier molecular flexibility index (Phi) is 5.06. The highest BCUT2D eigenvalue weighted by Crippen LogP contribution is 2.12. The molecule has 0 amide bonds. The summed E-state index contributed by atoms with van der Waals surface area (Å²) in [6.07, 6.45) is 1.04. The zero-order valence-electron chi connectivity index (χ0n) is 11.5. The molecular weight excluding hydrogens is 302 g/mol. The molecule has 0 fully saturated rings. The third-order valence-corrected chi connectivity index (χ3v) is 5.15. The highest BCUT2D eigenvalue weighted by atomic mass is 32.2. The van der Waals surface area contributed by atoms with Gasteiger partial charge in [-0.3, -0.25) is 4.79 Å². The molecule has 6 nitrogen and oxygen atoms in total. The lowest BCUT2D eigenvalue weighted by atomic mass is 10.2. The molecule has 1 rings (SSSR count). The van der Waals surface area contributed by atoms with Crippen LogP contribution < -0.4 is 4.72 Å². The minimum atomic E-state index is -3.85. The van der Waals surface area contributed by atoms with E-state index < -0.39 is 25.9 Å². The van der Waals surface area contributed by atoms with E-state index in [0.717, 1.165) is 6.26 Å². The van der Waals surface area contributed by atoms with Crippen molar-refractivity contribution in [3.05, 3.63) is 29.8 Å². The van der Waals surface area contributed by atoms with E-state index in [1.54, 1.807) is 0 Å². The van der Waals surface area contributed by atoms with Crippen molar-refractivity contribution in [2.75, 3.05) is 12.0 Å². The standard InChI is InChI=1S/C12H17NO5S2/c1-9(8-19(3,15)16)13-20(17,18)12-6-4-5-11(7-12)10(2)14/h4-7,9,13H,8H2,1-3H3. The molecule has 1 aromatic carbocycles. The summed E-state index contributed by atoms with van der Waals surface area (Å²) in [5.41, 5.74) is 0.281. The van der Waals surface area contributed by atoms with Crippen molar-refractivity contribution in [1.29, 1.82) is 0 Å². The van der Waals surface area contributed by atoms with E-state index in [2.05, 4.69) is 4.72 Å². The van der Waals surface area contributed by atoms with Crippen LogP contribution in [-0.4, -0.2) is 40.7 Å². The van der Waals surface area contributed by atoms with Gasteiger partial charge in [0.2, 0.25) is 10.0 Å². The Balaban J connectivity index is 3.00. The first-order valence-electron chi connectivity index (χ1n) is 5.82. The van der Waals surface area contributed by atoms with E-state index in [-0.39, 0.29) is 22.0 Å². The number of carbonyl (C=O) groups excluding carboxylic acids is 1. The van der Waals surface area contributed by atoms with Crippen LogP contribution in [0.4, 0.5) is 0 Å². The van der Waals surface area contributed by atoms with Gasteiger partial charge in [0.25, 0.3) is 0 Å². The molecule has 20 heavy (non-hydrogen) atoms. The fraction of sp³-hybridized carbons (Fsp3) is 0.417. The van der Waals surface area contributed by atoms with Crippen molar-refractivity contribution in [1.82, 2.24) is 4.72 Å². The van der Waals surface area contributed by atoms with Gasteiger partial charge in [0.1, 0.15) is 9.84 Å². The lowest BCUT2D eigenvalue weighted by Crippen LogP contribution is -2.37. The van der Waals surface area contributed by atoms with Crippen molar-refractivity contribution in [2.45, 2.75) is 24.8 Å². The van der Waals surface area contributed by atoms with Gasteiger partial charge in [-0.05, 0) is 26.0 Å². The SMILES string of the molecule is CC(=O)c1cccc(S(=O)(=O)NC(C)CS(C)(=O)=O)c1. The molecule has 0 aliphatic heterocycles. The van der Waals surface area contributed by atoms with Gasteiger partial charge >= 0.3 is 0 Å². The molecule has 0 saturated carbocycles. The zero-order chi connectivity index (χ0) is 15.6. The first-order chi connectivity index (χ1) is 9.01. The summed E-state index contributed by atoms with van der Waals surface area (Å²) < 4.78 is 48.7. The van der Waals surface area contributed by atoms with Crippen LogP contribution in [0.25, 0.3) is 0 Å². The minimum Gasteiger partial charge on any atom is -0.295 e. The Labute approximate surface area is 119 Å². The summed E-state index contributed by atoms with van der Waals surface area (Å²) in [6, 6.07) is 4.84. The number of rotatable bonds is 6. The van der Waals surface area contributed by atoms with Crippen LogP contribution in [0.5, 0.6) is 0 Å². The number of sulfone groups is 1. The third-order valence-electron chi connectivity index (χ3n) is 2.46. The van der Waals surface area contributed by atoms with Gasteiger partial charge in [0.05, 0.1) is 10.6 Å². The van der Waals surface area contributed by atoms with E-state index in [0.29, 0.717) is 0 Å². The summed E-state index contributed by atoms with van der Waals surface area (Å²) in [6.45, 7) is 2.80. The van der Waals surface area contributed by atoms with Crippen LogP contribution >= 0.6 is 0 Å². The topological polar surface area (TPSA) is 97.4 Å². The van der Waals surface area contributed by atoms with E-state index >= 15 is 0 Å². The molecule has 0 aliphatic rings. The van der Waals surface area contributed by atoms with Crippen molar-refractivity contribution < 1.29 is 21.6 Å². The quantitative estimate of drug-likeness (QED) is 0.774. The summed E-state index contributed by atoms with van der Waals surface area (Å²) in [4.78, 5) is 11.2. The number of hydrogen-bond acceptors (Lipinski definition) is 5. The lowest BCUT2D eigenvalue weighted by Gasteiger charge is -2.13. The molecule has 1 aromatic rings. The van der Waals surface area contributed by atoms with Gasteiger partial charge in [0, 0.05) is 17.9 Å². The lowest BCUT2D eigenvalue weighted by molar-refractivity contribution is 0.101. The largest absolute Gasteiger partial charge is 0.295 e. The third kappa shape index (κ3) is 5.03. The Hall–Kier alpha value is -1.25. The molecule has 0 aromatic heterocycles. The molecule has 1 unspecified atom stereocenters. The summed E-state index contributed by atoms with van der Waals surface area (Å²) in [7, 11) is -7.14. The highest BCUT2D eigenvalue weighted by Gasteiger charge is 2.20. The van der Waals surface area contributed by atoms with Crippen molar-refractivity contribution >= 4 is 25.6 Å². The molecule has 112 valence electrons. The van der Waals surface area contributed by atoms with Gasteiger partial charge in [-0.15, -0.1) is 0 Å². The number of nitrogens with one attached hydrogen (secondary N) is 1. The average molecular weight is 319 g/mol. The normalized spacial score (nSPS) is 13.9. The van der Waals surface area contributed by atoms with Gasteiger partial charge < -0.3 is 0 Å². The summed E-state index contributed by atoms with van der Waals surface area (Å²) in [5, 5.41) is 0. The second kappa shape index (κ2) is 6.02. The number of hydrogen-bond donors (Lipinski definition) is 1. The second-order valence-electron chi connectivity index (χ2n) is 4.70. The Morgan fingerprint density at radius 2 is 1.85 bits per heavy atom. The summed E-state index contributed by atoms with van der Waals surface area (Å²) >= 11 is 0. The number of Topliss-reactive ketones (excluding diaryl/α,β-unsaturated/α-hetero) is 1. The maximum atomic E-state index is 12.1. The number of sulfonamides is 1. The second-order valence-corrected chi connectivity index (χ2v) is 8.60. The van der Waals surface area contributed by atoms with Crippen molar-refractivity contribution in [3.63, 3.8) is 0 Å². The Bertz CT molecular complexity index is 707. The maximum absolute atomic E-state index is 12.1. The van der Waals surface area contributed by atoms with Crippen molar-refractivity contribution in [3.8, 4) is 0 Å². The molecule has 1 atom stereocenters. The van der Waals surface area contributed by atoms with Crippen LogP contribution in [0.1, 0.15) is 24.2 Å². The van der Waals surface area contributed by atoms with Gasteiger partial charge in [-0.25, -0.2) is 21.6 Å². The van der Waals surface area contributed by atoms with E-state index in [1.807, 2.05) is 0 Å². The first kappa shape index (κ1) is 16.8. The molecular formula is C12H17NO5S2. The fourth-order valence-electron chi connectivity index (χ4n) is 1.70. The molecule has 0 heterocycles. The van der Waals surface area contributed by atoms with Crippen molar-refractivity contribution in [2.24, 2.45) is 0 Å². The molecule has 0 bridgehead atoms. The van der Waals surface area contributed by atoms with E-state index in [1.165, 1.54) is 38.1 Å². The van der Waals surface area contributed by atoms with Gasteiger partial charge in [-0.2, -0.15) is 0 Å². The fourth-order valence-corrected chi connectivity index (χ4v) is 4.09. The smallest absolute Gasteiger partial charge is 0.240 e. The average Bonchev–Trinajstić information content (AvgIpc) is 2.25. The van der Waals surface area contributed by atoms with Crippen LogP contribution in [0.15, 0.2) is 29.2 Å². The maximum Gasteiger partial charge on any atom is 0.240 e. The van der Waals surface area contributed by atoms with Crippen LogP contribution in [0.2, 0.25) is 0 Å². The predicted molar refractivity (Wildman–Crippen MR) is 75.9 cm³/mol. The Morgan fingerprint density at radius 3 is 2.35 bits per heavy atom. The Morgan fingerprint density at radius 1 is 1.25 bits per heavy atom. The van der Waals surface area contributed by atoms with E-state index in [4.69, 9.17) is 0 Å². The number of benzene rings is 1. The monoisotopic (exact) mass is 319 g/mol. The first-order valence-corrected chi connectivity index (χ1v) is 9.37. The van der Waals surface area contributed by atoms with Crippen LogP contribution in [-0.2, 0) is 19.9 Å². The minimum absolute atomic E-state index is 0.0643. The highest BCUT2D eigenvalue weighted by molar-refractivity contribution is 7.91. The van der Waals surface area contributed by atoms with Gasteiger partial charge in [-0.1, -0.05) is 12.1 Å². The molecule has 8 heteroatoms. The van der Waals surface area contributed by atoms with Crippen LogP contribution in [0, 0.1) is 0 Å². The van der Waals surface area contributed by atoms with Crippen LogP contribution in [0.3, 0.4) is 0 Å². The van der Waals surface area contributed by atoms with E-state index in [9.17, 15) is 21.6 Å². The molecule has 0 aliphatic carbocycles. The molecule has 0 spiro atoms.